The summed E-state index contributed by atoms with van der Waals surface area (Å²) in [5.74, 6) is -1.85. The van der Waals surface area contributed by atoms with Gasteiger partial charge in [0.25, 0.3) is 5.88 Å². The molecule has 0 saturated carbocycles. The van der Waals surface area contributed by atoms with Crippen LogP contribution in [0.3, 0.4) is 0 Å². The number of aromatic carboxylic acids is 1. The van der Waals surface area contributed by atoms with Crippen molar-refractivity contribution >= 4 is 21.9 Å². The van der Waals surface area contributed by atoms with Crippen molar-refractivity contribution in [3.05, 3.63) is 46.6 Å². The van der Waals surface area contributed by atoms with E-state index in [1.165, 1.54) is 24.5 Å². The molecular formula is C11H6BrFN2O3. The van der Waals surface area contributed by atoms with Gasteiger partial charge in [0.05, 0.1) is 4.47 Å². The van der Waals surface area contributed by atoms with E-state index in [2.05, 4.69) is 25.9 Å². The topological polar surface area (TPSA) is 72.3 Å². The molecule has 18 heavy (non-hydrogen) atoms. The van der Waals surface area contributed by atoms with Gasteiger partial charge in [-0.1, -0.05) is 0 Å². The van der Waals surface area contributed by atoms with Gasteiger partial charge in [0, 0.05) is 18.5 Å². The quantitative estimate of drug-likeness (QED) is 0.943. The zero-order valence-electron chi connectivity index (χ0n) is 8.80. The van der Waals surface area contributed by atoms with Gasteiger partial charge in [0.2, 0.25) is 5.69 Å². The van der Waals surface area contributed by atoms with Crippen molar-refractivity contribution < 1.29 is 19.0 Å². The monoisotopic (exact) mass is 312 g/mol. The summed E-state index contributed by atoms with van der Waals surface area (Å²) >= 11 is 3.16. The van der Waals surface area contributed by atoms with E-state index in [9.17, 15) is 9.18 Å². The maximum absolute atomic E-state index is 13.1. The van der Waals surface area contributed by atoms with Crippen LogP contribution in [0.15, 0.2) is 35.1 Å². The molecule has 0 radical (unpaired) electrons. The molecule has 0 amide bonds. The molecule has 1 heterocycles. The summed E-state index contributed by atoms with van der Waals surface area (Å²) in [4.78, 5) is 18.3. The summed E-state index contributed by atoms with van der Waals surface area (Å²) in [5, 5.41) is 8.90. The second-order valence-electron chi connectivity index (χ2n) is 3.19. The van der Waals surface area contributed by atoms with Gasteiger partial charge in [-0.3, -0.25) is 0 Å². The lowest BCUT2D eigenvalue weighted by atomic mass is 10.3. The van der Waals surface area contributed by atoms with Crippen LogP contribution in [0.25, 0.3) is 0 Å². The third-order valence-electron chi connectivity index (χ3n) is 1.97. The molecule has 1 N–H and O–H groups in total. The van der Waals surface area contributed by atoms with Crippen molar-refractivity contribution in [1.82, 2.24) is 9.97 Å². The molecule has 0 aliphatic carbocycles. The number of carboxylic acids is 1. The minimum atomic E-state index is -1.27. The molecule has 0 saturated heterocycles. The molecule has 0 spiro atoms. The average molecular weight is 313 g/mol. The number of nitrogens with zero attached hydrogens (tertiary/aromatic N) is 2. The van der Waals surface area contributed by atoms with Crippen LogP contribution in [-0.2, 0) is 0 Å². The van der Waals surface area contributed by atoms with Gasteiger partial charge >= 0.3 is 5.97 Å². The van der Waals surface area contributed by atoms with Crippen LogP contribution in [0.2, 0.25) is 0 Å². The average Bonchev–Trinajstić information content (AvgIpc) is 2.34. The number of rotatable bonds is 3. The summed E-state index contributed by atoms with van der Waals surface area (Å²) in [7, 11) is 0. The number of benzene rings is 1. The Bertz CT molecular complexity index is 607. The van der Waals surface area contributed by atoms with Crippen molar-refractivity contribution in [2.75, 3.05) is 0 Å². The molecule has 0 unspecified atom stereocenters. The first-order valence-electron chi connectivity index (χ1n) is 4.75. The van der Waals surface area contributed by atoms with Crippen LogP contribution in [-0.4, -0.2) is 21.0 Å². The van der Waals surface area contributed by atoms with E-state index in [1.807, 2.05) is 0 Å². The molecule has 0 atom stereocenters. The number of hydrogen-bond acceptors (Lipinski definition) is 4. The maximum atomic E-state index is 13.1. The van der Waals surface area contributed by atoms with Crippen LogP contribution in [0.1, 0.15) is 10.5 Å². The molecular weight excluding hydrogens is 307 g/mol. The second kappa shape index (κ2) is 5.09. The van der Waals surface area contributed by atoms with E-state index in [1.54, 1.807) is 0 Å². The first-order chi connectivity index (χ1) is 8.58. The fourth-order valence-corrected chi connectivity index (χ4v) is 1.53. The fraction of sp³-hybridized carbons (Fsp3) is 0. The third kappa shape index (κ3) is 2.62. The highest BCUT2D eigenvalue weighted by atomic mass is 79.9. The van der Waals surface area contributed by atoms with Crippen molar-refractivity contribution in [2.24, 2.45) is 0 Å². The Morgan fingerprint density at radius 2 is 2.06 bits per heavy atom. The van der Waals surface area contributed by atoms with Gasteiger partial charge in [0.1, 0.15) is 11.6 Å². The highest BCUT2D eigenvalue weighted by molar-refractivity contribution is 9.10. The van der Waals surface area contributed by atoms with Crippen LogP contribution in [0.5, 0.6) is 11.6 Å². The first kappa shape index (κ1) is 12.4. The fourth-order valence-electron chi connectivity index (χ4n) is 1.21. The number of halogens is 2. The molecule has 5 nitrogen and oxygen atoms in total. The summed E-state index contributed by atoms with van der Waals surface area (Å²) < 4.78 is 18.8. The Morgan fingerprint density at radius 3 is 2.78 bits per heavy atom. The molecule has 0 fully saturated rings. The van der Waals surface area contributed by atoms with E-state index >= 15 is 0 Å². The summed E-state index contributed by atoms with van der Waals surface area (Å²) in [6.07, 6.45) is 2.52. The Hall–Kier alpha value is -2.02. The smallest absolute Gasteiger partial charge is 0.360 e. The minimum Gasteiger partial charge on any atom is -0.476 e. The Balaban J connectivity index is 2.40. The molecule has 0 aliphatic heterocycles. The number of ether oxygens (including phenoxy) is 1. The molecule has 7 heteroatoms. The van der Waals surface area contributed by atoms with E-state index in [0.29, 0.717) is 4.47 Å². The molecule has 2 rings (SSSR count). The SMILES string of the molecule is O=C(O)c1nccnc1Oc1cc(F)ccc1Br. The van der Waals surface area contributed by atoms with Crippen molar-refractivity contribution in [3.63, 3.8) is 0 Å². The van der Waals surface area contributed by atoms with Gasteiger partial charge in [0.15, 0.2) is 0 Å². The van der Waals surface area contributed by atoms with Gasteiger partial charge < -0.3 is 9.84 Å². The van der Waals surface area contributed by atoms with Crippen molar-refractivity contribution in [3.8, 4) is 11.6 Å². The van der Waals surface area contributed by atoms with Crippen LogP contribution in [0.4, 0.5) is 4.39 Å². The van der Waals surface area contributed by atoms with Crippen molar-refractivity contribution in [1.29, 1.82) is 0 Å². The van der Waals surface area contributed by atoms with Crippen molar-refractivity contribution in [2.45, 2.75) is 0 Å². The van der Waals surface area contributed by atoms with Crippen LogP contribution >= 0.6 is 15.9 Å². The van der Waals surface area contributed by atoms with E-state index in [4.69, 9.17) is 9.84 Å². The predicted octanol–water partition coefficient (Wildman–Crippen LogP) is 2.87. The second-order valence-corrected chi connectivity index (χ2v) is 4.05. The Kier molecular flexibility index (Phi) is 3.52. The molecule has 1 aromatic heterocycles. The number of carboxylic acid groups (broad SMARTS) is 1. The zero-order valence-corrected chi connectivity index (χ0v) is 10.4. The van der Waals surface area contributed by atoms with E-state index in [-0.39, 0.29) is 17.3 Å². The lowest BCUT2D eigenvalue weighted by molar-refractivity contribution is 0.0686. The third-order valence-corrected chi connectivity index (χ3v) is 2.62. The van der Waals surface area contributed by atoms with Gasteiger partial charge in [-0.15, -0.1) is 0 Å². The summed E-state index contributed by atoms with van der Waals surface area (Å²) in [5.41, 5.74) is -0.339. The summed E-state index contributed by atoms with van der Waals surface area (Å²) in [6.45, 7) is 0. The normalized spacial score (nSPS) is 10.1. The number of aromatic nitrogens is 2. The van der Waals surface area contributed by atoms with Gasteiger partial charge in [-0.05, 0) is 28.1 Å². The molecule has 92 valence electrons. The zero-order chi connectivity index (χ0) is 13.1. The molecule has 1 aromatic carbocycles. The lowest BCUT2D eigenvalue weighted by Crippen LogP contribution is -2.04. The van der Waals surface area contributed by atoms with E-state index < -0.39 is 11.8 Å². The van der Waals surface area contributed by atoms with Crippen LogP contribution in [0, 0.1) is 5.82 Å². The van der Waals surface area contributed by atoms with Gasteiger partial charge in [-0.25, -0.2) is 19.2 Å². The Morgan fingerprint density at radius 1 is 1.33 bits per heavy atom. The first-order valence-corrected chi connectivity index (χ1v) is 5.54. The predicted molar refractivity (Wildman–Crippen MR) is 63.2 cm³/mol. The van der Waals surface area contributed by atoms with Gasteiger partial charge in [-0.2, -0.15) is 0 Å². The molecule has 0 aliphatic rings. The summed E-state index contributed by atoms with van der Waals surface area (Å²) in [6, 6.07) is 3.80. The maximum Gasteiger partial charge on any atom is 0.360 e. The number of carbonyl (C=O) groups is 1. The highest BCUT2D eigenvalue weighted by Crippen LogP contribution is 2.30. The Labute approximate surface area is 109 Å². The minimum absolute atomic E-state index is 0.123. The van der Waals surface area contributed by atoms with Crippen LogP contribution < -0.4 is 4.74 Å². The molecule has 0 bridgehead atoms. The largest absolute Gasteiger partial charge is 0.476 e. The molecule has 2 aromatic rings. The number of hydrogen-bond donors (Lipinski definition) is 1. The standard InChI is InChI=1S/C11H6BrFN2O3/c12-7-2-1-6(13)5-8(7)18-10-9(11(16)17)14-3-4-15-10/h1-5H,(H,16,17). The lowest BCUT2D eigenvalue weighted by Gasteiger charge is -2.08. The van der Waals surface area contributed by atoms with E-state index in [0.717, 1.165) is 6.07 Å². The highest BCUT2D eigenvalue weighted by Gasteiger charge is 2.16.